The van der Waals surface area contributed by atoms with Crippen LogP contribution in [-0.2, 0) is 6.54 Å². The SMILES string of the molecule is CCn1cc(C(=O)CC(=O)c2cnn3ccncc23)cn1. The molecule has 21 heavy (non-hydrogen) atoms. The molecule has 3 aromatic rings. The van der Waals surface area contributed by atoms with Crippen LogP contribution in [0.2, 0.25) is 0 Å². The molecular weight excluding hydrogens is 270 g/mol. The van der Waals surface area contributed by atoms with Crippen molar-refractivity contribution in [2.45, 2.75) is 19.9 Å². The van der Waals surface area contributed by atoms with Crippen LogP contribution in [0, 0.1) is 0 Å². The summed E-state index contributed by atoms with van der Waals surface area (Å²) < 4.78 is 3.21. The van der Waals surface area contributed by atoms with Crippen LogP contribution < -0.4 is 0 Å². The third kappa shape index (κ3) is 2.45. The van der Waals surface area contributed by atoms with Crippen LogP contribution in [0.25, 0.3) is 5.52 Å². The zero-order chi connectivity index (χ0) is 14.8. The van der Waals surface area contributed by atoms with E-state index < -0.39 is 0 Å². The maximum atomic E-state index is 12.3. The van der Waals surface area contributed by atoms with Crippen LogP contribution in [0.15, 0.2) is 37.2 Å². The van der Waals surface area contributed by atoms with E-state index >= 15 is 0 Å². The molecule has 0 aliphatic heterocycles. The smallest absolute Gasteiger partial charge is 0.174 e. The van der Waals surface area contributed by atoms with E-state index in [2.05, 4.69) is 15.2 Å². The Bertz CT molecular complexity index is 818. The van der Waals surface area contributed by atoms with Crippen LogP contribution in [0.4, 0.5) is 0 Å². The Hall–Kier alpha value is -2.83. The quantitative estimate of drug-likeness (QED) is 0.522. The van der Waals surface area contributed by atoms with Gasteiger partial charge in [-0.2, -0.15) is 10.2 Å². The van der Waals surface area contributed by atoms with Crippen molar-refractivity contribution in [1.29, 1.82) is 0 Å². The molecule has 3 heterocycles. The Labute approximate surface area is 120 Å². The van der Waals surface area contributed by atoms with Gasteiger partial charge in [-0.05, 0) is 6.92 Å². The van der Waals surface area contributed by atoms with Gasteiger partial charge in [0.25, 0.3) is 0 Å². The number of Topliss-reactive ketones (excluding diaryl/α,β-unsaturated/α-hetero) is 2. The molecule has 0 radical (unpaired) electrons. The largest absolute Gasteiger partial charge is 0.294 e. The lowest BCUT2D eigenvalue weighted by atomic mass is 10.1. The number of hydrogen-bond donors (Lipinski definition) is 0. The van der Waals surface area contributed by atoms with Crippen molar-refractivity contribution in [1.82, 2.24) is 24.4 Å². The first-order chi connectivity index (χ1) is 10.2. The first-order valence-corrected chi connectivity index (χ1v) is 6.55. The minimum absolute atomic E-state index is 0.203. The first-order valence-electron chi connectivity index (χ1n) is 6.55. The van der Waals surface area contributed by atoms with Crippen LogP contribution in [-0.4, -0.2) is 35.9 Å². The van der Waals surface area contributed by atoms with Gasteiger partial charge in [0.15, 0.2) is 11.6 Å². The molecule has 0 fully saturated rings. The molecular formula is C14H13N5O2. The number of carbonyl (C=O) groups is 2. The molecule has 106 valence electrons. The van der Waals surface area contributed by atoms with Gasteiger partial charge in [-0.1, -0.05) is 0 Å². The van der Waals surface area contributed by atoms with E-state index in [1.54, 1.807) is 34.0 Å². The van der Waals surface area contributed by atoms with E-state index in [9.17, 15) is 9.59 Å². The van der Waals surface area contributed by atoms with Crippen LogP contribution in [0.5, 0.6) is 0 Å². The predicted octanol–water partition coefficient (Wildman–Crippen LogP) is 1.40. The molecule has 7 nitrogen and oxygen atoms in total. The molecule has 0 aliphatic carbocycles. The molecule has 0 N–H and O–H groups in total. The van der Waals surface area contributed by atoms with Gasteiger partial charge in [-0.15, -0.1) is 0 Å². The predicted molar refractivity (Wildman–Crippen MR) is 74.2 cm³/mol. The van der Waals surface area contributed by atoms with Gasteiger partial charge in [0.1, 0.15) is 0 Å². The van der Waals surface area contributed by atoms with Crippen molar-refractivity contribution in [3.63, 3.8) is 0 Å². The highest BCUT2D eigenvalue weighted by molar-refractivity contribution is 6.15. The van der Waals surface area contributed by atoms with Crippen molar-refractivity contribution < 1.29 is 9.59 Å². The van der Waals surface area contributed by atoms with E-state index in [0.29, 0.717) is 23.2 Å². The number of fused-ring (bicyclic) bond motifs is 1. The number of hydrogen-bond acceptors (Lipinski definition) is 5. The molecule has 0 aromatic carbocycles. The second-order valence-electron chi connectivity index (χ2n) is 4.57. The fourth-order valence-corrected chi connectivity index (χ4v) is 2.07. The van der Waals surface area contributed by atoms with Gasteiger partial charge < -0.3 is 0 Å². The molecule has 0 saturated carbocycles. The van der Waals surface area contributed by atoms with E-state index in [-0.39, 0.29) is 18.0 Å². The fraction of sp³-hybridized carbons (Fsp3) is 0.214. The minimum atomic E-state index is -0.271. The van der Waals surface area contributed by atoms with Gasteiger partial charge in [0.05, 0.1) is 41.7 Å². The lowest BCUT2D eigenvalue weighted by molar-refractivity contribution is 0.0895. The second kappa shape index (κ2) is 5.28. The molecule has 0 spiro atoms. The lowest BCUT2D eigenvalue weighted by Gasteiger charge is -1.98. The van der Waals surface area contributed by atoms with Crippen molar-refractivity contribution >= 4 is 17.1 Å². The van der Waals surface area contributed by atoms with Gasteiger partial charge >= 0.3 is 0 Å². The summed E-state index contributed by atoms with van der Waals surface area (Å²) in [4.78, 5) is 28.3. The third-order valence-corrected chi connectivity index (χ3v) is 3.23. The molecule has 3 rings (SSSR count). The maximum absolute atomic E-state index is 12.3. The van der Waals surface area contributed by atoms with Crippen LogP contribution in [0.1, 0.15) is 34.1 Å². The number of ketones is 2. The Morgan fingerprint density at radius 2 is 2.00 bits per heavy atom. The van der Waals surface area contributed by atoms with Gasteiger partial charge in [-0.25, -0.2) is 4.52 Å². The highest BCUT2D eigenvalue weighted by atomic mass is 16.1. The Kier molecular flexibility index (Phi) is 3.31. The molecule has 3 aromatic heterocycles. The number of aromatic nitrogens is 5. The highest BCUT2D eigenvalue weighted by Crippen LogP contribution is 2.13. The summed E-state index contributed by atoms with van der Waals surface area (Å²) in [6.45, 7) is 2.61. The Balaban J connectivity index is 1.81. The summed E-state index contributed by atoms with van der Waals surface area (Å²) in [5.74, 6) is -0.518. The third-order valence-electron chi connectivity index (χ3n) is 3.23. The summed E-state index contributed by atoms with van der Waals surface area (Å²) in [6, 6.07) is 0. The van der Waals surface area contributed by atoms with Gasteiger partial charge in [0, 0.05) is 25.1 Å². The monoisotopic (exact) mass is 283 g/mol. The summed E-state index contributed by atoms with van der Waals surface area (Å²) in [6.07, 6.45) is 9.18. The molecule has 0 bridgehead atoms. The summed E-state index contributed by atoms with van der Waals surface area (Å²) in [5.41, 5.74) is 1.44. The number of nitrogens with zero attached hydrogens (tertiary/aromatic N) is 5. The number of rotatable bonds is 5. The Morgan fingerprint density at radius 3 is 2.76 bits per heavy atom. The number of aryl methyl sites for hydroxylation is 1. The molecule has 0 atom stereocenters. The van der Waals surface area contributed by atoms with Gasteiger partial charge in [-0.3, -0.25) is 19.3 Å². The van der Waals surface area contributed by atoms with Crippen molar-refractivity contribution in [2.75, 3.05) is 0 Å². The molecule has 7 heteroatoms. The van der Waals surface area contributed by atoms with Crippen LogP contribution in [0.3, 0.4) is 0 Å². The second-order valence-corrected chi connectivity index (χ2v) is 4.57. The number of carbonyl (C=O) groups excluding carboxylic acids is 2. The van der Waals surface area contributed by atoms with Crippen molar-refractivity contribution in [3.05, 3.63) is 48.3 Å². The molecule has 0 saturated heterocycles. The topological polar surface area (TPSA) is 82.2 Å². The lowest BCUT2D eigenvalue weighted by Crippen LogP contribution is -2.08. The maximum Gasteiger partial charge on any atom is 0.174 e. The van der Waals surface area contributed by atoms with E-state index in [4.69, 9.17) is 0 Å². The zero-order valence-corrected chi connectivity index (χ0v) is 11.4. The zero-order valence-electron chi connectivity index (χ0n) is 11.4. The van der Waals surface area contributed by atoms with Crippen LogP contribution >= 0.6 is 0 Å². The Morgan fingerprint density at radius 1 is 1.14 bits per heavy atom. The normalized spacial score (nSPS) is 10.9. The fourth-order valence-electron chi connectivity index (χ4n) is 2.07. The van der Waals surface area contributed by atoms with E-state index in [1.165, 1.54) is 12.4 Å². The van der Waals surface area contributed by atoms with E-state index in [0.717, 1.165) is 0 Å². The molecule has 0 aliphatic rings. The standard InChI is InChI=1S/C14H13N5O2/c1-2-18-9-10(6-16-18)13(20)5-14(21)11-7-17-19-4-3-15-8-12(11)19/h3-4,6-9H,2,5H2,1H3. The minimum Gasteiger partial charge on any atom is -0.294 e. The summed E-state index contributed by atoms with van der Waals surface area (Å²) in [7, 11) is 0. The highest BCUT2D eigenvalue weighted by Gasteiger charge is 2.18. The van der Waals surface area contributed by atoms with Crippen molar-refractivity contribution in [3.8, 4) is 0 Å². The first kappa shape index (κ1) is 13.2. The van der Waals surface area contributed by atoms with Gasteiger partial charge in [0.2, 0.25) is 0 Å². The average Bonchev–Trinajstić information content (AvgIpc) is 3.14. The average molecular weight is 283 g/mol. The summed E-state index contributed by atoms with van der Waals surface area (Å²) in [5, 5.41) is 8.10. The van der Waals surface area contributed by atoms with Crippen molar-refractivity contribution in [2.24, 2.45) is 0 Å². The van der Waals surface area contributed by atoms with E-state index in [1.807, 2.05) is 6.92 Å². The molecule has 0 unspecified atom stereocenters. The summed E-state index contributed by atoms with van der Waals surface area (Å²) >= 11 is 0. The molecule has 0 amide bonds.